The van der Waals surface area contributed by atoms with Gasteiger partial charge in [0.2, 0.25) is 5.91 Å². The van der Waals surface area contributed by atoms with Gasteiger partial charge in [0.15, 0.2) is 0 Å². The maximum atomic E-state index is 12.1. The van der Waals surface area contributed by atoms with E-state index in [2.05, 4.69) is 37.2 Å². The van der Waals surface area contributed by atoms with Crippen LogP contribution in [0.25, 0.3) is 0 Å². The molecular formula is C25H26N6O. The highest BCUT2D eigenvalue weighted by Crippen LogP contribution is 2.22. The van der Waals surface area contributed by atoms with Crippen molar-refractivity contribution < 1.29 is 4.79 Å². The van der Waals surface area contributed by atoms with Crippen LogP contribution in [0.2, 0.25) is 0 Å². The molecule has 1 heterocycles. The summed E-state index contributed by atoms with van der Waals surface area (Å²) in [5, 5.41) is 12.4. The van der Waals surface area contributed by atoms with Crippen molar-refractivity contribution in [2.45, 2.75) is 19.9 Å². The number of carbonyl (C=O) groups is 1. The van der Waals surface area contributed by atoms with Crippen molar-refractivity contribution >= 4 is 34.6 Å². The molecular weight excluding hydrogens is 400 g/mol. The highest BCUT2D eigenvalue weighted by molar-refractivity contribution is 5.99. The van der Waals surface area contributed by atoms with E-state index in [1.54, 1.807) is 6.08 Å². The summed E-state index contributed by atoms with van der Waals surface area (Å²) in [6, 6.07) is 17.2. The molecule has 1 amide bonds. The van der Waals surface area contributed by atoms with Crippen LogP contribution in [-0.2, 0) is 4.79 Å². The van der Waals surface area contributed by atoms with Crippen molar-refractivity contribution in [1.82, 2.24) is 15.3 Å². The molecule has 0 bridgehead atoms. The van der Waals surface area contributed by atoms with Crippen LogP contribution in [0.1, 0.15) is 12.5 Å². The lowest BCUT2D eigenvalue weighted by atomic mass is 10.2. The minimum Gasteiger partial charge on any atom is -0.340 e. The van der Waals surface area contributed by atoms with Gasteiger partial charge in [-0.3, -0.25) is 4.79 Å². The topological polar surface area (TPSA) is 91.0 Å². The first kappa shape index (κ1) is 22.5. The van der Waals surface area contributed by atoms with Crippen LogP contribution in [-0.4, -0.2) is 28.5 Å². The fraction of sp³-hybridized carbons (Fsp3) is 0.160. The zero-order valence-corrected chi connectivity index (χ0v) is 18.1. The molecule has 0 radical (unpaired) electrons. The van der Waals surface area contributed by atoms with Crippen LogP contribution in [0.15, 0.2) is 73.1 Å². The van der Waals surface area contributed by atoms with Gasteiger partial charge in [-0.1, -0.05) is 30.2 Å². The van der Waals surface area contributed by atoms with Gasteiger partial charge in [0.05, 0.1) is 6.04 Å². The van der Waals surface area contributed by atoms with Gasteiger partial charge in [-0.15, -0.1) is 6.42 Å². The zero-order chi connectivity index (χ0) is 22.8. The van der Waals surface area contributed by atoms with Gasteiger partial charge in [0.1, 0.15) is 18.0 Å². The number of benzene rings is 2. The molecule has 0 fully saturated rings. The molecule has 162 valence electrons. The second-order valence-corrected chi connectivity index (χ2v) is 7.18. The van der Waals surface area contributed by atoms with Crippen LogP contribution < -0.4 is 21.3 Å². The molecule has 0 spiro atoms. The average molecular weight is 427 g/mol. The van der Waals surface area contributed by atoms with Crippen molar-refractivity contribution in [2.24, 2.45) is 0 Å². The standard InChI is InChI=1S/C25H26N6O/c1-4-19(3)26-13-7-12-25(32)31-22-11-6-10-21(15-22)30-24-16-23(27-17-28-24)29-20-9-5-8-18(2)14-20/h1,5-12,14-17,19,26H,13H2,2-3H3,(H,31,32)(H2,27,28,29,30)/b12-7+. The Bertz CT molecular complexity index is 1140. The third-order valence-electron chi connectivity index (χ3n) is 4.42. The number of hydrogen-bond acceptors (Lipinski definition) is 6. The van der Waals surface area contributed by atoms with E-state index in [0.717, 1.165) is 16.9 Å². The number of nitrogens with zero attached hydrogens (tertiary/aromatic N) is 2. The summed E-state index contributed by atoms with van der Waals surface area (Å²) in [6.45, 7) is 4.44. The van der Waals surface area contributed by atoms with Crippen molar-refractivity contribution in [3.8, 4) is 12.3 Å². The van der Waals surface area contributed by atoms with Gasteiger partial charge >= 0.3 is 0 Å². The fourth-order valence-corrected chi connectivity index (χ4v) is 2.84. The zero-order valence-electron chi connectivity index (χ0n) is 18.1. The number of carbonyl (C=O) groups excluding carboxylic acids is 1. The van der Waals surface area contributed by atoms with E-state index in [0.29, 0.717) is 23.9 Å². The molecule has 0 aliphatic carbocycles. The minimum atomic E-state index is -0.219. The quantitative estimate of drug-likeness (QED) is 0.300. The van der Waals surface area contributed by atoms with E-state index in [4.69, 9.17) is 6.42 Å². The second-order valence-electron chi connectivity index (χ2n) is 7.18. The summed E-state index contributed by atoms with van der Waals surface area (Å²) < 4.78 is 0. The highest BCUT2D eigenvalue weighted by atomic mass is 16.1. The van der Waals surface area contributed by atoms with Gasteiger partial charge in [-0.05, 0) is 49.7 Å². The molecule has 0 saturated heterocycles. The Morgan fingerprint density at radius 3 is 2.38 bits per heavy atom. The third-order valence-corrected chi connectivity index (χ3v) is 4.42. The van der Waals surface area contributed by atoms with E-state index in [-0.39, 0.29) is 11.9 Å². The van der Waals surface area contributed by atoms with Gasteiger partial charge < -0.3 is 21.3 Å². The molecule has 3 rings (SSSR count). The van der Waals surface area contributed by atoms with E-state index in [1.807, 2.05) is 68.4 Å². The van der Waals surface area contributed by atoms with Crippen molar-refractivity contribution in [2.75, 3.05) is 22.5 Å². The first-order chi connectivity index (χ1) is 15.5. The Labute approximate surface area is 188 Å². The summed E-state index contributed by atoms with van der Waals surface area (Å²) in [4.78, 5) is 20.7. The Balaban J connectivity index is 1.59. The summed E-state index contributed by atoms with van der Waals surface area (Å²) in [6.07, 6.45) is 10.00. The van der Waals surface area contributed by atoms with Crippen LogP contribution in [0.4, 0.5) is 28.7 Å². The lowest BCUT2D eigenvalue weighted by Crippen LogP contribution is -2.24. The molecule has 0 saturated carbocycles. The van der Waals surface area contributed by atoms with Gasteiger partial charge in [-0.2, -0.15) is 0 Å². The first-order valence-corrected chi connectivity index (χ1v) is 10.2. The largest absolute Gasteiger partial charge is 0.340 e. The lowest BCUT2D eigenvalue weighted by Gasteiger charge is -2.10. The first-order valence-electron chi connectivity index (χ1n) is 10.2. The predicted octanol–water partition coefficient (Wildman–Crippen LogP) is 4.38. The average Bonchev–Trinajstić information content (AvgIpc) is 2.77. The Morgan fingerprint density at radius 1 is 1.03 bits per heavy atom. The van der Waals surface area contributed by atoms with Crippen LogP contribution in [0.3, 0.4) is 0 Å². The molecule has 7 heteroatoms. The van der Waals surface area contributed by atoms with Crippen molar-refractivity contribution in [3.05, 3.63) is 78.6 Å². The molecule has 3 aromatic rings. The summed E-state index contributed by atoms with van der Waals surface area (Å²) >= 11 is 0. The number of hydrogen-bond donors (Lipinski definition) is 4. The summed E-state index contributed by atoms with van der Waals surface area (Å²) in [7, 11) is 0. The normalized spacial score (nSPS) is 11.5. The molecule has 32 heavy (non-hydrogen) atoms. The number of terminal acetylenes is 1. The molecule has 1 unspecified atom stereocenters. The van der Waals surface area contributed by atoms with Gasteiger partial charge in [0.25, 0.3) is 0 Å². The van der Waals surface area contributed by atoms with Gasteiger partial charge in [-0.25, -0.2) is 9.97 Å². The molecule has 4 N–H and O–H groups in total. The SMILES string of the molecule is C#CC(C)NC/C=C/C(=O)Nc1cccc(Nc2cc(Nc3cccc(C)c3)ncn2)c1. The molecule has 1 aromatic heterocycles. The number of aromatic nitrogens is 2. The highest BCUT2D eigenvalue weighted by Gasteiger charge is 2.03. The number of anilines is 5. The number of amides is 1. The summed E-state index contributed by atoms with van der Waals surface area (Å²) in [5.74, 6) is 3.66. The van der Waals surface area contributed by atoms with E-state index in [9.17, 15) is 4.79 Å². The molecule has 0 aliphatic rings. The number of nitrogens with one attached hydrogen (secondary N) is 4. The molecule has 0 aliphatic heterocycles. The van der Waals surface area contributed by atoms with Crippen molar-refractivity contribution in [3.63, 3.8) is 0 Å². The Hall–Kier alpha value is -4.15. The maximum Gasteiger partial charge on any atom is 0.248 e. The Kier molecular flexibility index (Phi) is 7.96. The molecule has 7 nitrogen and oxygen atoms in total. The van der Waals surface area contributed by atoms with E-state index >= 15 is 0 Å². The minimum absolute atomic E-state index is 0.0419. The molecule has 1 atom stereocenters. The van der Waals surface area contributed by atoms with E-state index < -0.39 is 0 Å². The Morgan fingerprint density at radius 2 is 1.69 bits per heavy atom. The second kappa shape index (κ2) is 11.3. The predicted molar refractivity (Wildman–Crippen MR) is 130 cm³/mol. The van der Waals surface area contributed by atoms with Crippen molar-refractivity contribution in [1.29, 1.82) is 0 Å². The van der Waals surface area contributed by atoms with Gasteiger partial charge in [0, 0.05) is 35.7 Å². The van der Waals surface area contributed by atoms with E-state index in [1.165, 1.54) is 12.4 Å². The third kappa shape index (κ3) is 7.27. The fourth-order valence-electron chi connectivity index (χ4n) is 2.84. The van der Waals surface area contributed by atoms with Crippen LogP contribution >= 0.6 is 0 Å². The number of aryl methyl sites for hydroxylation is 1. The van der Waals surface area contributed by atoms with Crippen LogP contribution in [0, 0.1) is 19.3 Å². The summed E-state index contributed by atoms with van der Waals surface area (Å²) in [5.41, 5.74) is 3.57. The number of rotatable bonds is 9. The maximum absolute atomic E-state index is 12.1. The van der Waals surface area contributed by atoms with Crippen LogP contribution in [0.5, 0.6) is 0 Å². The molecule has 2 aromatic carbocycles. The lowest BCUT2D eigenvalue weighted by molar-refractivity contribution is -0.111. The smallest absolute Gasteiger partial charge is 0.248 e. The monoisotopic (exact) mass is 426 g/mol.